The van der Waals surface area contributed by atoms with Crippen molar-refractivity contribution in [3.05, 3.63) is 29.8 Å². The van der Waals surface area contributed by atoms with E-state index in [-0.39, 0.29) is 0 Å². The SMILES string of the molecule is Cc1cccc(OC(C)F)c1.F[C@@H]1CCCNCC1. The summed E-state index contributed by atoms with van der Waals surface area (Å²) < 4.78 is 29.5. The first kappa shape index (κ1) is 15.9. The number of nitrogens with one attached hydrogen (secondary N) is 1. The third-order valence-corrected chi connectivity index (χ3v) is 2.79. The molecule has 1 unspecified atom stereocenters. The highest BCUT2D eigenvalue weighted by molar-refractivity contribution is 5.27. The number of benzene rings is 1. The number of ether oxygens (including phenoxy) is 1. The molecule has 1 N–H and O–H groups in total. The van der Waals surface area contributed by atoms with E-state index in [0.717, 1.165) is 31.5 Å². The van der Waals surface area contributed by atoms with E-state index < -0.39 is 12.5 Å². The monoisotopic (exact) mass is 271 g/mol. The molecule has 0 aromatic heterocycles. The minimum atomic E-state index is -1.24. The Morgan fingerprint density at radius 2 is 2.11 bits per heavy atom. The first-order chi connectivity index (χ1) is 9.08. The number of aryl methyl sites for hydroxylation is 1. The second-order valence-corrected chi connectivity index (χ2v) is 4.76. The molecule has 1 saturated heterocycles. The second kappa shape index (κ2) is 8.86. The lowest BCUT2D eigenvalue weighted by molar-refractivity contribution is 0.0860. The summed E-state index contributed by atoms with van der Waals surface area (Å²) in [5.74, 6) is 0.583. The van der Waals surface area contributed by atoms with E-state index in [1.807, 2.05) is 19.1 Å². The highest BCUT2D eigenvalue weighted by Gasteiger charge is 2.08. The lowest BCUT2D eigenvalue weighted by Gasteiger charge is -2.06. The van der Waals surface area contributed by atoms with Gasteiger partial charge in [-0.05, 0) is 57.0 Å². The molecule has 4 heteroatoms. The van der Waals surface area contributed by atoms with Crippen molar-refractivity contribution in [2.24, 2.45) is 0 Å². The highest BCUT2D eigenvalue weighted by Crippen LogP contribution is 2.14. The minimum absolute atomic E-state index is 0.537. The lowest BCUT2D eigenvalue weighted by atomic mass is 10.2. The van der Waals surface area contributed by atoms with Gasteiger partial charge < -0.3 is 10.1 Å². The third-order valence-electron chi connectivity index (χ3n) is 2.79. The Morgan fingerprint density at radius 1 is 1.32 bits per heavy atom. The molecule has 0 radical (unpaired) electrons. The van der Waals surface area contributed by atoms with Gasteiger partial charge in [0.05, 0.1) is 0 Å². The highest BCUT2D eigenvalue weighted by atomic mass is 19.1. The summed E-state index contributed by atoms with van der Waals surface area (Å²) in [5.41, 5.74) is 1.07. The second-order valence-electron chi connectivity index (χ2n) is 4.76. The minimum Gasteiger partial charge on any atom is -0.461 e. The molecule has 1 aromatic rings. The third kappa shape index (κ3) is 7.78. The normalized spacial score (nSPS) is 20.7. The van der Waals surface area contributed by atoms with Crippen LogP contribution < -0.4 is 10.1 Å². The number of halogens is 2. The lowest BCUT2D eigenvalue weighted by Crippen LogP contribution is -2.14. The van der Waals surface area contributed by atoms with Crippen molar-refractivity contribution < 1.29 is 13.5 Å². The molecule has 0 saturated carbocycles. The molecule has 0 spiro atoms. The maximum atomic E-state index is 12.4. The molecule has 1 fully saturated rings. The van der Waals surface area contributed by atoms with E-state index in [1.165, 1.54) is 6.92 Å². The summed E-state index contributed by atoms with van der Waals surface area (Å²) in [7, 11) is 0. The van der Waals surface area contributed by atoms with Crippen molar-refractivity contribution in [1.29, 1.82) is 0 Å². The van der Waals surface area contributed by atoms with Gasteiger partial charge in [0.15, 0.2) is 0 Å². The molecule has 1 heterocycles. The maximum absolute atomic E-state index is 12.4. The predicted molar refractivity (Wildman–Crippen MR) is 74.0 cm³/mol. The van der Waals surface area contributed by atoms with Crippen LogP contribution in [0, 0.1) is 6.92 Å². The number of rotatable bonds is 2. The van der Waals surface area contributed by atoms with E-state index in [4.69, 9.17) is 4.74 Å². The van der Waals surface area contributed by atoms with Crippen molar-refractivity contribution in [3.8, 4) is 5.75 Å². The fourth-order valence-electron chi connectivity index (χ4n) is 1.85. The van der Waals surface area contributed by atoms with Crippen LogP contribution in [-0.2, 0) is 0 Å². The summed E-state index contributed by atoms with van der Waals surface area (Å²) >= 11 is 0. The molecule has 0 aliphatic carbocycles. The quantitative estimate of drug-likeness (QED) is 0.883. The Morgan fingerprint density at radius 3 is 2.79 bits per heavy atom. The molecule has 1 aliphatic rings. The van der Waals surface area contributed by atoms with Gasteiger partial charge in [-0.15, -0.1) is 0 Å². The van der Waals surface area contributed by atoms with Crippen LogP contribution in [0.3, 0.4) is 0 Å². The van der Waals surface area contributed by atoms with E-state index in [2.05, 4.69) is 5.32 Å². The Labute approximate surface area is 114 Å². The van der Waals surface area contributed by atoms with Gasteiger partial charge in [-0.3, -0.25) is 0 Å². The summed E-state index contributed by atoms with van der Waals surface area (Å²) in [6, 6.07) is 7.32. The summed E-state index contributed by atoms with van der Waals surface area (Å²) in [6.45, 7) is 5.17. The van der Waals surface area contributed by atoms with E-state index in [0.29, 0.717) is 12.2 Å². The first-order valence-corrected chi connectivity index (χ1v) is 6.80. The number of hydrogen-bond acceptors (Lipinski definition) is 2. The molecular formula is C15H23F2NO. The predicted octanol–water partition coefficient (Wildman–Crippen LogP) is 3.79. The Bertz CT molecular complexity index is 350. The van der Waals surface area contributed by atoms with Crippen LogP contribution in [0.4, 0.5) is 8.78 Å². The van der Waals surface area contributed by atoms with Gasteiger partial charge in [-0.1, -0.05) is 12.1 Å². The standard InChI is InChI=1S/C9H11FO.C6H12FN/c1-7-4-3-5-9(6-7)11-8(2)10;7-6-2-1-4-8-5-3-6/h3-6,8H,1-2H3;6,8H,1-5H2/t;6-/m.1/s1. The smallest absolute Gasteiger partial charge is 0.235 e. The van der Waals surface area contributed by atoms with Crippen molar-refractivity contribution in [2.45, 2.75) is 45.6 Å². The maximum Gasteiger partial charge on any atom is 0.235 e. The summed E-state index contributed by atoms with van der Waals surface area (Å²) in [4.78, 5) is 0. The van der Waals surface area contributed by atoms with E-state index in [9.17, 15) is 8.78 Å². The van der Waals surface area contributed by atoms with Crippen molar-refractivity contribution in [3.63, 3.8) is 0 Å². The zero-order valence-corrected chi connectivity index (χ0v) is 11.7. The van der Waals surface area contributed by atoms with Crippen LogP contribution in [0.2, 0.25) is 0 Å². The van der Waals surface area contributed by atoms with Gasteiger partial charge in [0, 0.05) is 6.92 Å². The van der Waals surface area contributed by atoms with Crippen molar-refractivity contribution >= 4 is 0 Å². The average molecular weight is 271 g/mol. The van der Waals surface area contributed by atoms with E-state index >= 15 is 0 Å². The molecular weight excluding hydrogens is 248 g/mol. The van der Waals surface area contributed by atoms with Crippen LogP contribution in [0.5, 0.6) is 5.75 Å². The van der Waals surface area contributed by atoms with Crippen LogP contribution in [0.15, 0.2) is 24.3 Å². The van der Waals surface area contributed by atoms with Gasteiger partial charge in [-0.25, -0.2) is 8.78 Å². The largest absolute Gasteiger partial charge is 0.461 e. The number of hydrogen-bond donors (Lipinski definition) is 1. The van der Waals surface area contributed by atoms with Crippen molar-refractivity contribution in [1.82, 2.24) is 5.32 Å². The fourth-order valence-corrected chi connectivity index (χ4v) is 1.85. The molecule has 2 nitrogen and oxygen atoms in total. The number of alkyl halides is 2. The molecule has 19 heavy (non-hydrogen) atoms. The molecule has 2 rings (SSSR count). The molecule has 2 atom stereocenters. The Kier molecular flexibility index (Phi) is 7.41. The fraction of sp³-hybridized carbons (Fsp3) is 0.600. The summed E-state index contributed by atoms with van der Waals surface area (Å²) in [6.07, 6.45) is 0.690. The van der Waals surface area contributed by atoms with Crippen LogP contribution in [0.1, 0.15) is 31.7 Å². The van der Waals surface area contributed by atoms with Gasteiger partial charge in [0.2, 0.25) is 6.36 Å². The molecule has 1 aromatic carbocycles. The first-order valence-electron chi connectivity index (χ1n) is 6.80. The Balaban J connectivity index is 0.000000200. The zero-order valence-electron chi connectivity index (χ0n) is 11.7. The van der Waals surface area contributed by atoms with Gasteiger partial charge in [0.25, 0.3) is 0 Å². The topological polar surface area (TPSA) is 21.3 Å². The molecule has 0 bridgehead atoms. The zero-order chi connectivity index (χ0) is 14.1. The van der Waals surface area contributed by atoms with E-state index in [1.54, 1.807) is 12.1 Å². The van der Waals surface area contributed by atoms with Gasteiger partial charge in [0.1, 0.15) is 11.9 Å². The Hall–Kier alpha value is -1.16. The molecule has 0 amide bonds. The molecule has 108 valence electrons. The van der Waals surface area contributed by atoms with Crippen molar-refractivity contribution in [2.75, 3.05) is 13.1 Å². The molecule has 1 aliphatic heterocycles. The van der Waals surface area contributed by atoms with Gasteiger partial charge >= 0.3 is 0 Å². The van der Waals surface area contributed by atoms with Crippen LogP contribution in [0.25, 0.3) is 0 Å². The van der Waals surface area contributed by atoms with Crippen LogP contribution >= 0.6 is 0 Å². The van der Waals surface area contributed by atoms with Crippen LogP contribution in [-0.4, -0.2) is 25.6 Å². The average Bonchev–Trinajstić information content (AvgIpc) is 2.57. The van der Waals surface area contributed by atoms with Gasteiger partial charge in [-0.2, -0.15) is 0 Å². The summed E-state index contributed by atoms with van der Waals surface area (Å²) in [5, 5.41) is 3.14.